The maximum Gasteiger partial charge on any atom is 0.261 e. The summed E-state index contributed by atoms with van der Waals surface area (Å²) in [7, 11) is 0.950. The topological polar surface area (TPSA) is 34.1 Å². The first-order valence-electron chi connectivity index (χ1n) is 3.23. The predicted molar refractivity (Wildman–Crippen MR) is 44.3 cm³/mol. The Bertz CT molecular complexity index is 417. The summed E-state index contributed by atoms with van der Waals surface area (Å²) >= 11 is 0. The molecule has 0 N–H and O–H groups in total. The van der Waals surface area contributed by atoms with Crippen LogP contribution >= 0.6 is 10.7 Å². The smallest absolute Gasteiger partial charge is 0.246 e. The zero-order valence-corrected chi connectivity index (χ0v) is 7.87. The molecule has 1 aromatic carbocycles. The van der Waals surface area contributed by atoms with Crippen molar-refractivity contribution in [2.75, 3.05) is 0 Å². The molecule has 0 heterocycles. The summed E-state index contributed by atoms with van der Waals surface area (Å²) < 4.78 is 46.2. The maximum atomic E-state index is 12.7. The van der Waals surface area contributed by atoms with Gasteiger partial charge in [-0.05, 0) is 23.8 Å². The van der Waals surface area contributed by atoms with Crippen molar-refractivity contribution < 1.29 is 17.2 Å². The summed E-state index contributed by atoms with van der Waals surface area (Å²) in [5.41, 5.74) is -0.0563. The van der Waals surface area contributed by atoms with Crippen LogP contribution in [0.2, 0.25) is 0 Å². The molecule has 72 valence electrons. The lowest BCUT2D eigenvalue weighted by atomic mass is 10.2. The SMILES string of the molecule is O=S(=O)(Cl)c1cc(F)cc(CF)c1. The van der Waals surface area contributed by atoms with Crippen molar-refractivity contribution >= 4 is 19.7 Å². The number of hydrogen-bond donors (Lipinski definition) is 0. The number of rotatable bonds is 2. The molecule has 13 heavy (non-hydrogen) atoms. The second-order valence-electron chi connectivity index (χ2n) is 2.37. The average Bonchev–Trinajstić information content (AvgIpc) is 2.01. The van der Waals surface area contributed by atoms with Gasteiger partial charge in [-0.3, -0.25) is 0 Å². The molecular weight excluding hydrogens is 222 g/mol. The lowest BCUT2D eigenvalue weighted by Gasteiger charge is -1.99. The molecule has 0 bridgehead atoms. The zero-order valence-electron chi connectivity index (χ0n) is 6.30. The summed E-state index contributed by atoms with van der Waals surface area (Å²) in [4.78, 5) is -0.429. The molecule has 0 aromatic heterocycles. The quantitative estimate of drug-likeness (QED) is 0.725. The predicted octanol–water partition coefficient (Wildman–Crippen LogP) is 2.22. The summed E-state index contributed by atoms with van der Waals surface area (Å²) in [6.07, 6.45) is 0. The van der Waals surface area contributed by atoms with Gasteiger partial charge in [0.15, 0.2) is 0 Å². The highest BCUT2D eigenvalue weighted by Crippen LogP contribution is 2.18. The van der Waals surface area contributed by atoms with E-state index in [1.807, 2.05) is 0 Å². The standard InChI is InChI=1S/C7H5ClF2O2S/c8-13(11,12)7-2-5(4-9)1-6(10)3-7/h1-3H,4H2. The van der Waals surface area contributed by atoms with Crippen molar-refractivity contribution in [3.63, 3.8) is 0 Å². The monoisotopic (exact) mass is 226 g/mol. The lowest BCUT2D eigenvalue weighted by Crippen LogP contribution is -1.93. The minimum absolute atomic E-state index is 0.0563. The van der Waals surface area contributed by atoms with E-state index >= 15 is 0 Å². The van der Waals surface area contributed by atoms with E-state index in [-0.39, 0.29) is 5.56 Å². The molecule has 0 fully saturated rings. The second-order valence-corrected chi connectivity index (χ2v) is 4.93. The highest BCUT2D eigenvalue weighted by molar-refractivity contribution is 8.13. The summed E-state index contributed by atoms with van der Waals surface area (Å²) in [5, 5.41) is 0. The van der Waals surface area contributed by atoms with Crippen molar-refractivity contribution in [3.8, 4) is 0 Å². The van der Waals surface area contributed by atoms with E-state index in [2.05, 4.69) is 0 Å². The van der Waals surface area contributed by atoms with Crippen LogP contribution in [0, 0.1) is 5.82 Å². The van der Waals surface area contributed by atoms with Gasteiger partial charge in [-0.1, -0.05) is 0 Å². The average molecular weight is 227 g/mol. The van der Waals surface area contributed by atoms with Crippen molar-refractivity contribution in [2.45, 2.75) is 11.6 Å². The van der Waals surface area contributed by atoms with Crippen LogP contribution in [0.5, 0.6) is 0 Å². The molecule has 1 aromatic rings. The second kappa shape index (κ2) is 3.59. The summed E-state index contributed by atoms with van der Waals surface area (Å²) in [6.45, 7) is -0.933. The molecule has 0 aliphatic heterocycles. The van der Waals surface area contributed by atoms with Crippen LogP contribution < -0.4 is 0 Å². The van der Waals surface area contributed by atoms with Gasteiger partial charge in [0.2, 0.25) is 0 Å². The molecule has 0 radical (unpaired) electrons. The van der Waals surface area contributed by atoms with Crippen molar-refractivity contribution in [1.82, 2.24) is 0 Å². The number of halogens is 3. The van der Waals surface area contributed by atoms with Crippen molar-refractivity contribution in [1.29, 1.82) is 0 Å². The fraction of sp³-hybridized carbons (Fsp3) is 0.143. The summed E-state index contributed by atoms with van der Waals surface area (Å²) in [6, 6.07) is 2.64. The highest BCUT2D eigenvalue weighted by atomic mass is 35.7. The van der Waals surface area contributed by atoms with Gasteiger partial charge in [-0.15, -0.1) is 0 Å². The van der Waals surface area contributed by atoms with Gasteiger partial charge in [0.1, 0.15) is 12.5 Å². The van der Waals surface area contributed by atoms with Gasteiger partial charge in [0.05, 0.1) is 4.90 Å². The Morgan fingerprint density at radius 3 is 2.38 bits per heavy atom. The Morgan fingerprint density at radius 2 is 1.92 bits per heavy atom. The minimum atomic E-state index is -3.99. The van der Waals surface area contributed by atoms with Crippen molar-refractivity contribution in [3.05, 3.63) is 29.6 Å². The summed E-state index contributed by atoms with van der Waals surface area (Å²) in [5.74, 6) is -0.825. The van der Waals surface area contributed by atoms with Crippen LogP contribution in [0.25, 0.3) is 0 Å². The Hall–Kier alpha value is -0.680. The van der Waals surface area contributed by atoms with Crippen LogP contribution in [0.1, 0.15) is 5.56 Å². The van der Waals surface area contributed by atoms with Crippen LogP contribution in [-0.4, -0.2) is 8.42 Å². The van der Waals surface area contributed by atoms with Gasteiger partial charge in [-0.2, -0.15) is 0 Å². The Morgan fingerprint density at radius 1 is 1.31 bits per heavy atom. The molecule has 0 aliphatic rings. The molecule has 0 atom stereocenters. The van der Waals surface area contributed by atoms with Gasteiger partial charge < -0.3 is 0 Å². The van der Waals surface area contributed by atoms with E-state index in [4.69, 9.17) is 10.7 Å². The Balaban J connectivity index is 3.33. The zero-order chi connectivity index (χ0) is 10.1. The molecule has 0 spiro atoms. The maximum absolute atomic E-state index is 12.7. The number of alkyl halides is 1. The molecule has 0 aliphatic carbocycles. The van der Waals surface area contributed by atoms with E-state index in [1.165, 1.54) is 0 Å². The molecule has 0 unspecified atom stereocenters. The number of hydrogen-bond acceptors (Lipinski definition) is 2. The molecule has 0 saturated carbocycles. The minimum Gasteiger partial charge on any atom is -0.246 e. The van der Waals surface area contributed by atoms with Crippen LogP contribution in [0.3, 0.4) is 0 Å². The lowest BCUT2D eigenvalue weighted by molar-refractivity contribution is 0.481. The Labute approximate surface area is 78.6 Å². The molecule has 0 saturated heterocycles. The first-order valence-corrected chi connectivity index (χ1v) is 5.54. The van der Waals surface area contributed by atoms with Gasteiger partial charge in [0.25, 0.3) is 9.05 Å². The van der Waals surface area contributed by atoms with Crippen LogP contribution in [0.15, 0.2) is 23.1 Å². The third-order valence-corrected chi connectivity index (χ3v) is 2.70. The van der Waals surface area contributed by atoms with Gasteiger partial charge >= 0.3 is 0 Å². The van der Waals surface area contributed by atoms with E-state index in [1.54, 1.807) is 0 Å². The first kappa shape index (κ1) is 10.4. The molecule has 1 rings (SSSR count). The molecule has 2 nitrogen and oxygen atoms in total. The van der Waals surface area contributed by atoms with Gasteiger partial charge in [0, 0.05) is 10.7 Å². The van der Waals surface area contributed by atoms with Crippen LogP contribution in [-0.2, 0) is 15.7 Å². The van der Waals surface area contributed by atoms with Gasteiger partial charge in [-0.25, -0.2) is 17.2 Å². The van der Waals surface area contributed by atoms with Crippen LogP contribution in [0.4, 0.5) is 8.78 Å². The normalized spacial score (nSPS) is 11.6. The number of benzene rings is 1. The fourth-order valence-corrected chi connectivity index (χ4v) is 1.65. The van der Waals surface area contributed by atoms with E-state index in [0.29, 0.717) is 0 Å². The molecule has 0 amide bonds. The van der Waals surface area contributed by atoms with Crippen molar-refractivity contribution in [2.24, 2.45) is 0 Å². The third kappa shape index (κ3) is 2.63. The first-order chi connectivity index (χ1) is 5.93. The molecule has 6 heteroatoms. The third-order valence-electron chi connectivity index (χ3n) is 1.37. The van der Waals surface area contributed by atoms with E-state index in [0.717, 1.165) is 18.2 Å². The Kier molecular flexibility index (Phi) is 2.87. The molecular formula is C7H5ClF2O2S. The van der Waals surface area contributed by atoms with E-state index in [9.17, 15) is 17.2 Å². The van der Waals surface area contributed by atoms with E-state index < -0.39 is 26.4 Å². The largest absolute Gasteiger partial charge is 0.261 e. The highest BCUT2D eigenvalue weighted by Gasteiger charge is 2.12. The fourth-order valence-electron chi connectivity index (χ4n) is 0.839.